The van der Waals surface area contributed by atoms with E-state index < -0.39 is 0 Å². The van der Waals surface area contributed by atoms with E-state index in [4.69, 9.17) is 9.72 Å². The summed E-state index contributed by atoms with van der Waals surface area (Å²) < 4.78 is 6.68. The van der Waals surface area contributed by atoms with Gasteiger partial charge in [-0.3, -0.25) is 9.59 Å². The van der Waals surface area contributed by atoms with Crippen LogP contribution in [0.2, 0.25) is 0 Å². The Hall–Kier alpha value is -3.15. The standard InChI is InChI=1S/C23H24N2O4/c1-4-13(3)16-9-21-22-18(10-25(21)23(28)19(16)11-29-12-26)15(5-2)17-8-14(27)6-7-20(17)24-22/h6-9,12-13,27H,4-5,10-11H2,1-3H3/t13-/m1/s1. The number of aromatic nitrogens is 2. The molecule has 3 heterocycles. The number of aryl methyl sites for hydroxylation is 1. The molecule has 1 N–H and O–H groups in total. The van der Waals surface area contributed by atoms with Gasteiger partial charge < -0.3 is 14.4 Å². The number of hydrogen-bond acceptors (Lipinski definition) is 5. The molecule has 0 saturated carbocycles. The summed E-state index contributed by atoms with van der Waals surface area (Å²) in [6.45, 7) is 6.99. The van der Waals surface area contributed by atoms with Crippen molar-refractivity contribution in [2.45, 2.75) is 52.7 Å². The lowest BCUT2D eigenvalue weighted by atomic mass is 9.93. The van der Waals surface area contributed by atoms with Crippen LogP contribution < -0.4 is 5.56 Å². The number of carbonyl (C=O) groups is 1. The van der Waals surface area contributed by atoms with E-state index in [-0.39, 0.29) is 23.8 Å². The maximum atomic E-state index is 13.3. The highest BCUT2D eigenvalue weighted by atomic mass is 16.5. The van der Waals surface area contributed by atoms with E-state index in [1.165, 1.54) is 0 Å². The Morgan fingerprint density at radius 1 is 1.28 bits per heavy atom. The minimum absolute atomic E-state index is 0.0253. The van der Waals surface area contributed by atoms with E-state index in [9.17, 15) is 14.7 Å². The fourth-order valence-electron chi connectivity index (χ4n) is 4.28. The molecule has 0 saturated heterocycles. The summed E-state index contributed by atoms with van der Waals surface area (Å²) in [5.74, 6) is 0.361. The predicted octanol–water partition coefficient (Wildman–Crippen LogP) is 3.88. The van der Waals surface area contributed by atoms with Gasteiger partial charge in [-0.15, -0.1) is 0 Å². The predicted molar refractivity (Wildman–Crippen MR) is 111 cm³/mol. The summed E-state index contributed by atoms with van der Waals surface area (Å²) in [4.78, 5) is 28.9. The highest BCUT2D eigenvalue weighted by Gasteiger charge is 2.28. The van der Waals surface area contributed by atoms with Crippen LogP contribution in [0.25, 0.3) is 22.3 Å². The first kappa shape index (κ1) is 19.2. The number of phenolic OH excluding ortho intramolecular Hbond substituents is 1. The summed E-state index contributed by atoms with van der Waals surface area (Å²) in [6, 6.07) is 7.21. The lowest BCUT2D eigenvalue weighted by molar-refractivity contribution is -0.129. The summed E-state index contributed by atoms with van der Waals surface area (Å²) in [7, 11) is 0. The third-order valence-corrected chi connectivity index (χ3v) is 5.97. The SMILES string of the molecule is CCc1c2c(nc3ccc(O)cc13)-c1cc([C@H](C)CC)c(COC=O)c(=O)n1C2. The van der Waals surface area contributed by atoms with Gasteiger partial charge in [-0.1, -0.05) is 20.8 Å². The van der Waals surface area contributed by atoms with Gasteiger partial charge in [0.1, 0.15) is 12.4 Å². The average Bonchev–Trinajstić information content (AvgIpc) is 3.09. The van der Waals surface area contributed by atoms with E-state index in [0.717, 1.165) is 51.8 Å². The number of fused-ring (bicyclic) bond motifs is 4. The second-order valence-corrected chi connectivity index (χ2v) is 7.54. The summed E-state index contributed by atoms with van der Waals surface area (Å²) in [5, 5.41) is 10.8. The molecule has 6 nitrogen and oxygen atoms in total. The Morgan fingerprint density at radius 3 is 2.76 bits per heavy atom. The first-order valence-electron chi connectivity index (χ1n) is 9.96. The van der Waals surface area contributed by atoms with Crippen molar-refractivity contribution in [3.63, 3.8) is 0 Å². The molecule has 6 heteroatoms. The van der Waals surface area contributed by atoms with Crippen LogP contribution in [0.1, 0.15) is 55.4 Å². The number of rotatable bonds is 6. The number of benzene rings is 1. The zero-order chi connectivity index (χ0) is 20.7. The van der Waals surface area contributed by atoms with E-state index >= 15 is 0 Å². The zero-order valence-electron chi connectivity index (χ0n) is 16.9. The molecule has 0 unspecified atom stereocenters. The maximum Gasteiger partial charge on any atom is 0.293 e. The van der Waals surface area contributed by atoms with Crippen LogP contribution in [0, 0.1) is 0 Å². The Bertz CT molecular complexity index is 1180. The van der Waals surface area contributed by atoms with Gasteiger partial charge in [0, 0.05) is 10.9 Å². The molecule has 0 spiro atoms. The van der Waals surface area contributed by atoms with Crippen molar-refractivity contribution in [2.75, 3.05) is 0 Å². The normalized spacial score (nSPS) is 13.2. The zero-order valence-corrected chi connectivity index (χ0v) is 16.9. The Balaban J connectivity index is 2.00. The molecule has 0 bridgehead atoms. The van der Waals surface area contributed by atoms with Crippen LogP contribution in [0.3, 0.4) is 0 Å². The van der Waals surface area contributed by atoms with Gasteiger partial charge in [0.25, 0.3) is 12.0 Å². The molecule has 4 rings (SSSR count). The number of ether oxygens (including phenoxy) is 1. The molecule has 0 fully saturated rings. The van der Waals surface area contributed by atoms with Gasteiger partial charge in [0.05, 0.1) is 29.0 Å². The molecule has 0 amide bonds. The van der Waals surface area contributed by atoms with Crippen LogP contribution in [0.5, 0.6) is 5.75 Å². The number of pyridine rings is 2. The summed E-state index contributed by atoms with van der Waals surface area (Å²) in [5.41, 5.74) is 5.85. The topological polar surface area (TPSA) is 81.4 Å². The number of nitrogens with zero attached hydrogens (tertiary/aromatic N) is 2. The highest BCUT2D eigenvalue weighted by molar-refractivity contribution is 5.89. The second-order valence-electron chi connectivity index (χ2n) is 7.54. The van der Waals surface area contributed by atoms with Crippen molar-refractivity contribution in [1.29, 1.82) is 0 Å². The minimum Gasteiger partial charge on any atom is -0.508 e. The quantitative estimate of drug-likeness (QED) is 0.504. The first-order valence-corrected chi connectivity index (χ1v) is 9.96. The lowest BCUT2D eigenvalue weighted by Crippen LogP contribution is -2.26. The highest BCUT2D eigenvalue weighted by Crippen LogP contribution is 2.38. The number of aromatic hydroxyl groups is 1. The molecule has 29 heavy (non-hydrogen) atoms. The Labute approximate surface area is 168 Å². The largest absolute Gasteiger partial charge is 0.508 e. The molecule has 1 aliphatic rings. The second kappa shape index (κ2) is 7.35. The van der Waals surface area contributed by atoms with Crippen LogP contribution >= 0.6 is 0 Å². The monoisotopic (exact) mass is 392 g/mol. The first-order chi connectivity index (χ1) is 14.0. The van der Waals surface area contributed by atoms with Crippen molar-refractivity contribution in [3.05, 3.63) is 56.9 Å². The maximum absolute atomic E-state index is 13.3. The molecule has 0 aliphatic carbocycles. The molecule has 3 aromatic rings. The molecular formula is C23H24N2O4. The van der Waals surface area contributed by atoms with Crippen molar-refractivity contribution < 1.29 is 14.6 Å². The van der Waals surface area contributed by atoms with E-state index in [0.29, 0.717) is 18.6 Å². The van der Waals surface area contributed by atoms with Gasteiger partial charge in [-0.2, -0.15) is 0 Å². The number of phenols is 1. The van der Waals surface area contributed by atoms with E-state index in [2.05, 4.69) is 20.8 Å². The van der Waals surface area contributed by atoms with Crippen LogP contribution in [-0.2, 0) is 29.1 Å². The summed E-state index contributed by atoms with van der Waals surface area (Å²) in [6.07, 6.45) is 1.64. The molecule has 2 aromatic heterocycles. The smallest absolute Gasteiger partial charge is 0.293 e. The minimum atomic E-state index is -0.133. The van der Waals surface area contributed by atoms with Crippen molar-refractivity contribution in [3.8, 4) is 17.1 Å². The Kier molecular flexibility index (Phi) is 4.86. The Morgan fingerprint density at radius 2 is 2.07 bits per heavy atom. The third kappa shape index (κ3) is 2.99. The summed E-state index contributed by atoms with van der Waals surface area (Å²) >= 11 is 0. The fourth-order valence-corrected chi connectivity index (χ4v) is 4.28. The molecule has 150 valence electrons. The average molecular weight is 392 g/mol. The number of carbonyl (C=O) groups excluding carboxylic acids is 1. The van der Waals surface area contributed by atoms with E-state index in [1.807, 2.05) is 12.1 Å². The molecule has 0 radical (unpaired) electrons. The number of hydrogen-bond donors (Lipinski definition) is 1. The fraction of sp³-hybridized carbons (Fsp3) is 0.348. The molecule has 1 atom stereocenters. The van der Waals surface area contributed by atoms with Crippen LogP contribution in [0.15, 0.2) is 29.1 Å². The van der Waals surface area contributed by atoms with Gasteiger partial charge in [-0.25, -0.2) is 4.98 Å². The van der Waals surface area contributed by atoms with E-state index in [1.54, 1.807) is 16.7 Å². The van der Waals surface area contributed by atoms with Crippen LogP contribution in [0.4, 0.5) is 0 Å². The van der Waals surface area contributed by atoms with Crippen molar-refractivity contribution in [2.24, 2.45) is 0 Å². The third-order valence-electron chi connectivity index (χ3n) is 5.97. The van der Waals surface area contributed by atoms with Gasteiger partial charge in [-0.05, 0) is 54.2 Å². The van der Waals surface area contributed by atoms with Gasteiger partial charge >= 0.3 is 0 Å². The van der Waals surface area contributed by atoms with Crippen molar-refractivity contribution >= 4 is 17.4 Å². The molecular weight excluding hydrogens is 368 g/mol. The molecule has 1 aromatic carbocycles. The van der Waals surface area contributed by atoms with Crippen molar-refractivity contribution in [1.82, 2.24) is 9.55 Å². The van der Waals surface area contributed by atoms with Crippen LogP contribution in [-0.4, -0.2) is 21.1 Å². The lowest BCUT2D eigenvalue weighted by Gasteiger charge is -2.17. The van der Waals surface area contributed by atoms with Gasteiger partial charge in [0.2, 0.25) is 0 Å². The molecule has 1 aliphatic heterocycles. The van der Waals surface area contributed by atoms with Gasteiger partial charge in [0.15, 0.2) is 0 Å².